The summed E-state index contributed by atoms with van der Waals surface area (Å²) in [5.74, 6) is -1.10. The molecule has 0 rings (SSSR count). The van der Waals surface area contributed by atoms with Crippen LogP contribution in [0.1, 0.15) is 13.3 Å². The number of amides is 1. The van der Waals surface area contributed by atoms with Crippen LogP contribution in [0.25, 0.3) is 0 Å². The molecule has 0 aromatic carbocycles. The second-order valence-electron chi connectivity index (χ2n) is 1.58. The summed E-state index contributed by atoms with van der Waals surface area (Å²) in [6.07, 6.45) is 0.247. The zero-order valence-corrected chi connectivity index (χ0v) is 5.81. The van der Waals surface area contributed by atoms with Crippen LogP contribution in [0.4, 0.5) is 0 Å². The van der Waals surface area contributed by atoms with Crippen molar-refractivity contribution in [3.05, 3.63) is 0 Å². The number of halogens is 1. The summed E-state index contributed by atoms with van der Waals surface area (Å²) in [7, 11) is 0. The number of hydrogen-bond acceptors (Lipinski definition) is 2. The molecule has 1 amide bonds. The summed E-state index contributed by atoms with van der Waals surface area (Å²) in [6.45, 7) is 1.63. The van der Waals surface area contributed by atoms with Crippen molar-refractivity contribution in [2.75, 3.05) is 0 Å². The van der Waals surface area contributed by atoms with Crippen LogP contribution in [0, 0.1) is 0 Å². The van der Waals surface area contributed by atoms with Gasteiger partial charge < -0.3 is 5.73 Å². The van der Waals surface area contributed by atoms with Gasteiger partial charge >= 0.3 is 0 Å². The number of hydrogen-bond donors (Lipinski definition) is 1. The Kier molecular flexibility index (Phi) is 3.24. The van der Waals surface area contributed by atoms with Gasteiger partial charge in [-0.05, 0) is 0 Å². The molecule has 3 nitrogen and oxygen atoms in total. The molecule has 0 radical (unpaired) electrons. The zero-order valence-electron chi connectivity index (χ0n) is 5.06. The van der Waals surface area contributed by atoms with Crippen LogP contribution in [0.2, 0.25) is 0 Å². The molecule has 0 aromatic rings. The summed E-state index contributed by atoms with van der Waals surface area (Å²) in [5, 5.41) is -1.14. The highest BCUT2D eigenvalue weighted by Crippen LogP contribution is 1.98. The van der Waals surface area contributed by atoms with E-state index in [1.165, 1.54) is 0 Å². The molecule has 0 heterocycles. The van der Waals surface area contributed by atoms with Crippen LogP contribution in [0.15, 0.2) is 0 Å². The third-order valence-electron chi connectivity index (χ3n) is 0.881. The summed E-state index contributed by atoms with van der Waals surface area (Å²) >= 11 is 5.24. The quantitative estimate of drug-likeness (QED) is 0.456. The van der Waals surface area contributed by atoms with Gasteiger partial charge in [0.1, 0.15) is 0 Å². The number of ketones is 1. The fourth-order valence-electron chi connectivity index (χ4n) is 0.338. The van der Waals surface area contributed by atoms with E-state index in [9.17, 15) is 9.59 Å². The van der Waals surface area contributed by atoms with E-state index < -0.39 is 11.3 Å². The first-order valence-electron chi connectivity index (χ1n) is 2.55. The van der Waals surface area contributed by atoms with Crippen LogP contribution in [0.3, 0.4) is 0 Å². The highest BCUT2D eigenvalue weighted by atomic mass is 35.5. The van der Waals surface area contributed by atoms with Gasteiger partial charge in [-0.15, -0.1) is 11.6 Å². The summed E-state index contributed by atoms with van der Waals surface area (Å²) in [5.41, 5.74) is 4.72. The number of nitrogens with two attached hydrogens (primary N) is 1. The molecule has 52 valence electrons. The smallest absolute Gasteiger partial charge is 0.243 e. The lowest BCUT2D eigenvalue weighted by atomic mass is 10.2. The third kappa shape index (κ3) is 2.46. The molecule has 0 aliphatic rings. The Morgan fingerprint density at radius 1 is 1.67 bits per heavy atom. The summed E-state index contributed by atoms with van der Waals surface area (Å²) in [6, 6.07) is 0. The molecule has 0 saturated carbocycles. The Morgan fingerprint density at radius 2 is 2.11 bits per heavy atom. The van der Waals surface area contributed by atoms with Crippen LogP contribution in [-0.4, -0.2) is 17.1 Å². The summed E-state index contributed by atoms with van der Waals surface area (Å²) < 4.78 is 0. The Balaban J connectivity index is 3.88. The lowest BCUT2D eigenvalue weighted by Gasteiger charge is -1.98. The van der Waals surface area contributed by atoms with Gasteiger partial charge in [0.25, 0.3) is 0 Å². The fourth-order valence-corrected chi connectivity index (χ4v) is 0.492. The van der Waals surface area contributed by atoms with Crippen molar-refractivity contribution >= 4 is 23.3 Å². The van der Waals surface area contributed by atoms with Crippen molar-refractivity contribution in [1.82, 2.24) is 0 Å². The highest BCUT2D eigenvalue weighted by molar-refractivity contribution is 6.41. The maximum Gasteiger partial charge on any atom is 0.243 e. The van der Waals surface area contributed by atoms with Gasteiger partial charge in [-0.3, -0.25) is 9.59 Å². The molecule has 1 atom stereocenters. The van der Waals surface area contributed by atoms with E-state index in [-0.39, 0.29) is 12.2 Å². The normalized spacial score (nSPS) is 12.7. The predicted molar refractivity (Wildman–Crippen MR) is 34.1 cm³/mol. The Hall–Kier alpha value is -0.570. The number of Topliss-reactive ketones (excluding diaryl/α,β-unsaturated/α-hetero) is 1. The van der Waals surface area contributed by atoms with Crippen LogP contribution >= 0.6 is 11.6 Å². The standard InChI is InChI=1S/C5H8ClNO2/c1-2-3(8)4(6)5(7)9/h4H,2H2,1H3,(H2,7,9). The van der Waals surface area contributed by atoms with Crippen molar-refractivity contribution in [3.8, 4) is 0 Å². The molecule has 0 saturated heterocycles. The molecule has 4 heteroatoms. The molecular weight excluding hydrogens is 142 g/mol. The molecule has 0 aliphatic carbocycles. The highest BCUT2D eigenvalue weighted by Gasteiger charge is 2.18. The van der Waals surface area contributed by atoms with E-state index >= 15 is 0 Å². The second kappa shape index (κ2) is 3.45. The minimum atomic E-state index is -1.14. The van der Waals surface area contributed by atoms with Gasteiger partial charge in [0.15, 0.2) is 11.2 Å². The van der Waals surface area contributed by atoms with Crippen molar-refractivity contribution in [3.63, 3.8) is 0 Å². The lowest BCUT2D eigenvalue weighted by Crippen LogP contribution is -2.30. The van der Waals surface area contributed by atoms with Gasteiger partial charge in [0.2, 0.25) is 5.91 Å². The van der Waals surface area contributed by atoms with Crippen LogP contribution in [0.5, 0.6) is 0 Å². The molecule has 1 unspecified atom stereocenters. The predicted octanol–water partition coefficient (Wildman–Crippen LogP) is 0.0582. The van der Waals surface area contributed by atoms with E-state index in [1.807, 2.05) is 0 Å². The third-order valence-corrected chi connectivity index (χ3v) is 1.34. The number of rotatable bonds is 3. The molecule has 0 bridgehead atoms. The van der Waals surface area contributed by atoms with Crippen molar-refractivity contribution in [1.29, 1.82) is 0 Å². The maximum absolute atomic E-state index is 10.5. The van der Waals surface area contributed by atoms with Crippen molar-refractivity contribution in [2.45, 2.75) is 18.7 Å². The molecule has 0 aromatic heterocycles. The van der Waals surface area contributed by atoms with Crippen molar-refractivity contribution in [2.24, 2.45) is 5.73 Å². The lowest BCUT2D eigenvalue weighted by molar-refractivity contribution is -0.125. The van der Waals surface area contributed by atoms with E-state index in [2.05, 4.69) is 0 Å². The minimum Gasteiger partial charge on any atom is -0.368 e. The second-order valence-corrected chi connectivity index (χ2v) is 2.02. The molecule has 2 N–H and O–H groups in total. The first-order valence-corrected chi connectivity index (χ1v) is 2.99. The Morgan fingerprint density at radius 3 is 2.22 bits per heavy atom. The Bertz CT molecular complexity index is 135. The van der Waals surface area contributed by atoms with E-state index in [0.717, 1.165) is 0 Å². The van der Waals surface area contributed by atoms with Gasteiger partial charge in [-0.25, -0.2) is 0 Å². The largest absolute Gasteiger partial charge is 0.368 e. The Labute approximate surface area is 58.2 Å². The van der Waals surface area contributed by atoms with Gasteiger partial charge in [0, 0.05) is 6.42 Å². The van der Waals surface area contributed by atoms with Crippen LogP contribution in [-0.2, 0) is 9.59 Å². The van der Waals surface area contributed by atoms with Crippen LogP contribution < -0.4 is 5.73 Å². The van der Waals surface area contributed by atoms with Crippen molar-refractivity contribution < 1.29 is 9.59 Å². The fraction of sp³-hybridized carbons (Fsp3) is 0.600. The summed E-state index contributed by atoms with van der Waals surface area (Å²) in [4.78, 5) is 20.7. The van der Waals surface area contributed by atoms with Gasteiger partial charge in [-0.1, -0.05) is 6.92 Å². The SMILES string of the molecule is CCC(=O)C(Cl)C(N)=O. The number of primary amides is 1. The first kappa shape index (κ1) is 8.43. The van der Waals surface area contributed by atoms with E-state index in [1.54, 1.807) is 6.92 Å². The first-order chi connectivity index (χ1) is 4.09. The van der Waals surface area contributed by atoms with E-state index in [4.69, 9.17) is 17.3 Å². The molecular formula is C5H8ClNO2. The number of carbonyl (C=O) groups excluding carboxylic acids is 2. The molecule has 9 heavy (non-hydrogen) atoms. The zero-order chi connectivity index (χ0) is 7.44. The molecule has 0 fully saturated rings. The van der Waals surface area contributed by atoms with E-state index in [0.29, 0.717) is 0 Å². The van der Waals surface area contributed by atoms with Gasteiger partial charge in [-0.2, -0.15) is 0 Å². The average Bonchev–Trinajstić information content (AvgIpc) is 1.84. The minimum absolute atomic E-state index is 0.247. The molecule has 0 aliphatic heterocycles. The topological polar surface area (TPSA) is 60.2 Å². The average molecular weight is 150 g/mol. The maximum atomic E-state index is 10.5. The molecule has 0 spiro atoms. The monoisotopic (exact) mass is 149 g/mol. The number of carbonyl (C=O) groups is 2. The number of alkyl halides is 1. The van der Waals surface area contributed by atoms with Gasteiger partial charge in [0.05, 0.1) is 0 Å².